The molecule has 0 N–H and O–H groups in total. The van der Waals surface area contributed by atoms with Crippen molar-refractivity contribution in [1.29, 1.82) is 0 Å². The summed E-state index contributed by atoms with van der Waals surface area (Å²) in [5, 5.41) is 0. The molecule has 6 heteroatoms. The molecule has 1 aromatic carbocycles. The number of carbonyl (C=O) groups excluding carboxylic acids is 1. The van der Waals surface area contributed by atoms with E-state index in [1.165, 1.54) is 6.20 Å². The van der Waals surface area contributed by atoms with Gasteiger partial charge in [-0.25, -0.2) is 9.97 Å². The minimum absolute atomic E-state index is 0.174. The normalized spacial score (nSPS) is 14.7. The second kappa shape index (κ2) is 6.53. The molecule has 0 radical (unpaired) electrons. The molecule has 22 heavy (non-hydrogen) atoms. The van der Waals surface area contributed by atoms with E-state index >= 15 is 0 Å². The van der Waals surface area contributed by atoms with E-state index in [1.807, 2.05) is 30.3 Å². The van der Waals surface area contributed by atoms with Crippen molar-refractivity contribution in [2.75, 3.05) is 43.2 Å². The lowest BCUT2D eigenvalue weighted by Gasteiger charge is -2.27. The van der Waals surface area contributed by atoms with Crippen molar-refractivity contribution in [3.8, 4) is 0 Å². The van der Waals surface area contributed by atoms with Gasteiger partial charge in [0.05, 0.1) is 25.6 Å². The van der Waals surface area contributed by atoms with Gasteiger partial charge in [0.15, 0.2) is 0 Å². The number of carbonyl (C=O) groups is 1. The molecular weight excluding hydrogens is 280 g/mol. The standard InChI is InChI=1S/C16H18N4O2/c1-19(13-5-3-2-4-6-13)16(21)14-11-18-15(12-17-14)20-7-9-22-10-8-20/h2-6,11-12H,7-10H2,1H3. The summed E-state index contributed by atoms with van der Waals surface area (Å²) in [6, 6.07) is 9.47. The molecule has 2 aromatic rings. The quantitative estimate of drug-likeness (QED) is 0.861. The van der Waals surface area contributed by atoms with Gasteiger partial charge in [-0.2, -0.15) is 0 Å². The van der Waals surface area contributed by atoms with Gasteiger partial charge >= 0.3 is 0 Å². The zero-order chi connectivity index (χ0) is 15.4. The van der Waals surface area contributed by atoms with Crippen LogP contribution in [0, 0.1) is 0 Å². The van der Waals surface area contributed by atoms with Crippen LogP contribution >= 0.6 is 0 Å². The highest BCUT2D eigenvalue weighted by molar-refractivity contribution is 6.04. The van der Waals surface area contributed by atoms with Crippen molar-refractivity contribution in [2.24, 2.45) is 0 Å². The van der Waals surface area contributed by atoms with E-state index in [4.69, 9.17) is 4.74 Å². The number of hydrogen-bond donors (Lipinski definition) is 0. The number of morpholine rings is 1. The Morgan fingerprint density at radius 1 is 1.14 bits per heavy atom. The lowest BCUT2D eigenvalue weighted by molar-refractivity contribution is 0.0987. The highest BCUT2D eigenvalue weighted by Crippen LogP contribution is 2.15. The Morgan fingerprint density at radius 2 is 1.86 bits per heavy atom. The number of anilines is 2. The predicted octanol–water partition coefficient (Wildman–Crippen LogP) is 1.59. The maximum Gasteiger partial charge on any atom is 0.278 e. The number of amides is 1. The monoisotopic (exact) mass is 298 g/mol. The largest absolute Gasteiger partial charge is 0.378 e. The Morgan fingerprint density at radius 3 is 2.50 bits per heavy atom. The summed E-state index contributed by atoms with van der Waals surface area (Å²) < 4.78 is 5.31. The van der Waals surface area contributed by atoms with Gasteiger partial charge in [-0.1, -0.05) is 18.2 Å². The molecular formula is C16H18N4O2. The van der Waals surface area contributed by atoms with Gasteiger partial charge in [0.1, 0.15) is 11.5 Å². The van der Waals surface area contributed by atoms with Gasteiger partial charge in [-0.3, -0.25) is 4.79 Å². The maximum absolute atomic E-state index is 12.4. The number of ether oxygens (including phenoxy) is 1. The predicted molar refractivity (Wildman–Crippen MR) is 84.2 cm³/mol. The molecule has 6 nitrogen and oxygen atoms in total. The molecule has 0 saturated carbocycles. The molecule has 3 rings (SSSR count). The number of aromatic nitrogens is 2. The molecule has 1 aromatic heterocycles. The Labute approximate surface area is 129 Å². The summed E-state index contributed by atoms with van der Waals surface area (Å²) in [5.74, 6) is 0.606. The topological polar surface area (TPSA) is 58.6 Å². The SMILES string of the molecule is CN(C(=O)c1cnc(N2CCOCC2)cn1)c1ccccc1. The van der Waals surface area contributed by atoms with Gasteiger partial charge in [-0.15, -0.1) is 0 Å². The molecule has 0 unspecified atom stereocenters. The number of rotatable bonds is 3. The lowest BCUT2D eigenvalue weighted by Crippen LogP contribution is -2.37. The highest BCUT2D eigenvalue weighted by Gasteiger charge is 2.17. The van der Waals surface area contributed by atoms with Gasteiger partial charge < -0.3 is 14.5 Å². The molecule has 1 aliphatic rings. The average Bonchev–Trinajstić information content (AvgIpc) is 2.62. The minimum atomic E-state index is -0.174. The minimum Gasteiger partial charge on any atom is -0.378 e. The fourth-order valence-electron chi connectivity index (χ4n) is 2.33. The van der Waals surface area contributed by atoms with E-state index in [0.717, 1.165) is 24.6 Å². The Bertz CT molecular complexity index is 624. The van der Waals surface area contributed by atoms with E-state index in [-0.39, 0.29) is 5.91 Å². The second-order valence-electron chi connectivity index (χ2n) is 5.06. The van der Waals surface area contributed by atoms with Crippen LogP contribution in [-0.4, -0.2) is 49.2 Å². The third-order valence-electron chi connectivity index (χ3n) is 3.64. The lowest BCUT2D eigenvalue weighted by atomic mass is 10.3. The molecule has 1 aliphatic heterocycles. The average molecular weight is 298 g/mol. The number of para-hydroxylation sites is 1. The van der Waals surface area contributed by atoms with Crippen LogP contribution in [0.2, 0.25) is 0 Å². The first-order chi connectivity index (χ1) is 10.8. The summed E-state index contributed by atoms with van der Waals surface area (Å²) in [5.41, 5.74) is 1.16. The first-order valence-corrected chi connectivity index (χ1v) is 7.23. The van der Waals surface area contributed by atoms with Crippen molar-refractivity contribution < 1.29 is 9.53 Å². The highest BCUT2D eigenvalue weighted by atomic mass is 16.5. The molecule has 1 amide bonds. The summed E-state index contributed by atoms with van der Waals surface area (Å²) in [7, 11) is 1.73. The van der Waals surface area contributed by atoms with Crippen molar-refractivity contribution in [3.05, 3.63) is 48.4 Å². The van der Waals surface area contributed by atoms with Crippen molar-refractivity contribution in [3.63, 3.8) is 0 Å². The van der Waals surface area contributed by atoms with E-state index < -0.39 is 0 Å². The fraction of sp³-hybridized carbons (Fsp3) is 0.312. The van der Waals surface area contributed by atoms with E-state index in [2.05, 4.69) is 14.9 Å². The summed E-state index contributed by atoms with van der Waals surface area (Å²) in [4.78, 5) is 24.7. The molecule has 0 spiro atoms. The molecule has 0 aliphatic carbocycles. The zero-order valence-electron chi connectivity index (χ0n) is 12.5. The van der Waals surface area contributed by atoms with Crippen LogP contribution in [-0.2, 0) is 4.74 Å². The van der Waals surface area contributed by atoms with Crippen LogP contribution in [0.1, 0.15) is 10.5 Å². The van der Waals surface area contributed by atoms with Crippen molar-refractivity contribution in [1.82, 2.24) is 9.97 Å². The van der Waals surface area contributed by atoms with Gasteiger partial charge in [-0.05, 0) is 12.1 Å². The van der Waals surface area contributed by atoms with Crippen LogP contribution < -0.4 is 9.80 Å². The van der Waals surface area contributed by atoms with Crippen LogP contribution in [0.4, 0.5) is 11.5 Å². The number of nitrogens with zero attached hydrogens (tertiary/aromatic N) is 4. The Kier molecular flexibility index (Phi) is 4.29. The molecule has 1 saturated heterocycles. The van der Waals surface area contributed by atoms with Crippen LogP contribution in [0.15, 0.2) is 42.7 Å². The summed E-state index contributed by atoms with van der Waals surface area (Å²) in [6.07, 6.45) is 3.18. The second-order valence-corrected chi connectivity index (χ2v) is 5.06. The smallest absolute Gasteiger partial charge is 0.278 e. The third-order valence-corrected chi connectivity index (χ3v) is 3.64. The Balaban J connectivity index is 1.73. The van der Waals surface area contributed by atoms with Crippen LogP contribution in [0.5, 0.6) is 0 Å². The van der Waals surface area contributed by atoms with Crippen molar-refractivity contribution >= 4 is 17.4 Å². The van der Waals surface area contributed by atoms with Crippen LogP contribution in [0.25, 0.3) is 0 Å². The third kappa shape index (κ3) is 3.07. The zero-order valence-corrected chi connectivity index (χ0v) is 12.5. The number of benzene rings is 1. The molecule has 0 bridgehead atoms. The first-order valence-electron chi connectivity index (χ1n) is 7.23. The van der Waals surface area contributed by atoms with Crippen molar-refractivity contribution in [2.45, 2.75) is 0 Å². The van der Waals surface area contributed by atoms with E-state index in [0.29, 0.717) is 18.9 Å². The van der Waals surface area contributed by atoms with Gasteiger partial charge in [0, 0.05) is 25.8 Å². The first kappa shape index (κ1) is 14.5. The van der Waals surface area contributed by atoms with Gasteiger partial charge in [0.2, 0.25) is 0 Å². The van der Waals surface area contributed by atoms with Crippen LogP contribution in [0.3, 0.4) is 0 Å². The molecule has 0 atom stereocenters. The maximum atomic E-state index is 12.4. The number of hydrogen-bond acceptors (Lipinski definition) is 5. The molecule has 2 heterocycles. The van der Waals surface area contributed by atoms with Gasteiger partial charge in [0.25, 0.3) is 5.91 Å². The summed E-state index contributed by atoms with van der Waals surface area (Å²) in [6.45, 7) is 2.98. The molecule has 1 fully saturated rings. The fourth-order valence-corrected chi connectivity index (χ4v) is 2.33. The molecule has 114 valence electrons. The Hall–Kier alpha value is -2.47. The van der Waals surface area contributed by atoms with E-state index in [9.17, 15) is 4.79 Å². The summed E-state index contributed by atoms with van der Waals surface area (Å²) >= 11 is 0. The van der Waals surface area contributed by atoms with E-state index in [1.54, 1.807) is 18.1 Å².